The normalized spacial score (nSPS) is 10.9. The zero-order chi connectivity index (χ0) is 12.3. The first kappa shape index (κ1) is 11.6. The van der Waals surface area contributed by atoms with Crippen molar-refractivity contribution >= 4 is 22.8 Å². The van der Waals surface area contributed by atoms with E-state index in [9.17, 15) is 0 Å². The summed E-state index contributed by atoms with van der Waals surface area (Å²) in [5.41, 5.74) is 13.7. The fourth-order valence-electron chi connectivity index (χ4n) is 1.79. The van der Waals surface area contributed by atoms with Gasteiger partial charge in [0.2, 0.25) is 5.95 Å². The molecular weight excluding hydrogens is 214 g/mol. The molecule has 0 fully saturated rings. The maximum absolute atomic E-state index is 5.79. The van der Waals surface area contributed by atoms with Crippen molar-refractivity contribution in [3.05, 3.63) is 17.8 Å². The molecule has 5 nitrogen and oxygen atoms in total. The van der Waals surface area contributed by atoms with Crippen LogP contribution in [0.25, 0.3) is 11.0 Å². The predicted octanol–water partition coefficient (Wildman–Crippen LogP) is 1.92. The Morgan fingerprint density at radius 2 is 1.88 bits per heavy atom. The number of anilines is 2. The van der Waals surface area contributed by atoms with Crippen LogP contribution in [0.1, 0.15) is 31.9 Å². The standard InChI is InChI=1S/C12H17N5/c1-2-3-4-5-8-6-7-9-10(15-8)11(13)17-12(14)16-9/h6-7H,2-5H2,1H3,(H4,13,14,16,17). The lowest BCUT2D eigenvalue weighted by atomic mass is 10.1. The van der Waals surface area contributed by atoms with E-state index >= 15 is 0 Å². The summed E-state index contributed by atoms with van der Waals surface area (Å²) in [5.74, 6) is 0.542. The number of hydrogen-bond acceptors (Lipinski definition) is 5. The molecule has 2 aromatic heterocycles. The van der Waals surface area contributed by atoms with Gasteiger partial charge in [0, 0.05) is 5.69 Å². The molecule has 0 saturated carbocycles. The molecule has 2 aromatic rings. The van der Waals surface area contributed by atoms with Crippen LogP contribution < -0.4 is 11.5 Å². The van der Waals surface area contributed by atoms with Gasteiger partial charge < -0.3 is 11.5 Å². The van der Waals surface area contributed by atoms with Crippen LogP contribution in [0.2, 0.25) is 0 Å². The zero-order valence-corrected chi connectivity index (χ0v) is 9.98. The predicted molar refractivity (Wildman–Crippen MR) is 69.4 cm³/mol. The van der Waals surface area contributed by atoms with E-state index in [0.717, 1.165) is 18.5 Å². The van der Waals surface area contributed by atoms with E-state index in [2.05, 4.69) is 21.9 Å². The molecule has 0 atom stereocenters. The van der Waals surface area contributed by atoms with Crippen LogP contribution in [0.4, 0.5) is 11.8 Å². The SMILES string of the molecule is CCCCCc1ccc2nc(N)nc(N)c2n1. The van der Waals surface area contributed by atoms with E-state index in [-0.39, 0.29) is 5.95 Å². The van der Waals surface area contributed by atoms with Gasteiger partial charge >= 0.3 is 0 Å². The third-order valence-electron chi connectivity index (χ3n) is 2.68. The van der Waals surface area contributed by atoms with E-state index in [1.54, 1.807) is 0 Å². The van der Waals surface area contributed by atoms with Crippen molar-refractivity contribution in [2.24, 2.45) is 0 Å². The molecule has 0 aliphatic carbocycles. The molecule has 0 aliphatic rings. The first-order valence-corrected chi connectivity index (χ1v) is 5.89. The molecule has 90 valence electrons. The number of nitrogen functional groups attached to an aromatic ring is 2. The van der Waals surface area contributed by atoms with Crippen LogP contribution in [0, 0.1) is 0 Å². The molecule has 0 aromatic carbocycles. The summed E-state index contributed by atoms with van der Waals surface area (Å²) in [7, 11) is 0. The van der Waals surface area contributed by atoms with Gasteiger partial charge in [-0.2, -0.15) is 4.98 Å². The van der Waals surface area contributed by atoms with Gasteiger partial charge in [0.1, 0.15) is 5.52 Å². The van der Waals surface area contributed by atoms with E-state index in [1.807, 2.05) is 12.1 Å². The molecule has 0 amide bonds. The zero-order valence-electron chi connectivity index (χ0n) is 9.98. The average Bonchev–Trinajstić information content (AvgIpc) is 2.30. The topological polar surface area (TPSA) is 90.7 Å². The highest BCUT2D eigenvalue weighted by Crippen LogP contribution is 2.17. The smallest absolute Gasteiger partial charge is 0.222 e. The van der Waals surface area contributed by atoms with Gasteiger partial charge in [0.15, 0.2) is 5.82 Å². The molecule has 0 unspecified atom stereocenters. The quantitative estimate of drug-likeness (QED) is 0.784. The largest absolute Gasteiger partial charge is 0.382 e. The van der Waals surface area contributed by atoms with Crippen molar-refractivity contribution in [3.8, 4) is 0 Å². The van der Waals surface area contributed by atoms with Gasteiger partial charge in [0.05, 0.1) is 5.52 Å². The number of fused-ring (bicyclic) bond motifs is 1. The molecule has 5 heteroatoms. The number of unbranched alkanes of at least 4 members (excludes halogenated alkanes) is 2. The third-order valence-corrected chi connectivity index (χ3v) is 2.68. The van der Waals surface area contributed by atoms with Gasteiger partial charge in [-0.15, -0.1) is 0 Å². The van der Waals surface area contributed by atoms with Crippen molar-refractivity contribution in [3.63, 3.8) is 0 Å². The molecule has 0 saturated heterocycles. The Morgan fingerprint density at radius 3 is 2.65 bits per heavy atom. The minimum Gasteiger partial charge on any atom is -0.382 e. The van der Waals surface area contributed by atoms with E-state index in [1.165, 1.54) is 12.8 Å². The lowest BCUT2D eigenvalue weighted by molar-refractivity contribution is 0.709. The highest BCUT2D eigenvalue weighted by Gasteiger charge is 2.05. The van der Waals surface area contributed by atoms with Gasteiger partial charge in [0.25, 0.3) is 0 Å². The highest BCUT2D eigenvalue weighted by molar-refractivity contribution is 5.84. The maximum atomic E-state index is 5.79. The summed E-state index contributed by atoms with van der Waals surface area (Å²) in [5, 5.41) is 0. The van der Waals surface area contributed by atoms with Crippen LogP contribution in [0.3, 0.4) is 0 Å². The van der Waals surface area contributed by atoms with Crippen molar-refractivity contribution in [1.29, 1.82) is 0 Å². The fraction of sp³-hybridized carbons (Fsp3) is 0.417. The molecule has 0 bridgehead atoms. The van der Waals surface area contributed by atoms with E-state index in [0.29, 0.717) is 16.9 Å². The van der Waals surface area contributed by atoms with Crippen molar-refractivity contribution in [2.45, 2.75) is 32.6 Å². The summed E-state index contributed by atoms with van der Waals surface area (Å²) in [6, 6.07) is 3.88. The highest BCUT2D eigenvalue weighted by atomic mass is 15.0. The lowest BCUT2D eigenvalue weighted by Crippen LogP contribution is -2.03. The van der Waals surface area contributed by atoms with Crippen LogP contribution >= 0.6 is 0 Å². The van der Waals surface area contributed by atoms with Gasteiger partial charge in [-0.3, -0.25) is 0 Å². The lowest BCUT2D eigenvalue weighted by Gasteiger charge is -2.04. The molecule has 2 rings (SSSR count). The number of nitrogens with two attached hydrogens (primary N) is 2. The molecule has 0 aliphatic heterocycles. The van der Waals surface area contributed by atoms with Gasteiger partial charge in [-0.25, -0.2) is 9.97 Å². The number of hydrogen-bond donors (Lipinski definition) is 2. The van der Waals surface area contributed by atoms with Crippen molar-refractivity contribution < 1.29 is 0 Å². The monoisotopic (exact) mass is 231 g/mol. The van der Waals surface area contributed by atoms with E-state index in [4.69, 9.17) is 11.5 Å². The second kappa shape index (κ2) is 4.95. The first-order valence-electron chi connectivity index (χ1n) is 5.89. The Hall–Kier alpha value is -1.91. The fourth-order valence-corrected chi connectivity index (χ4v) is 1.79. The molecule has 0 radical (unpaired) electrons. The first-order chi connectivity index (χ1) is 8.20. The summed E-state index contributed by atoms with van der Waals surface area (Å²) in [6.45, 7) is 2.18. The van der Waals surface area contributed by atoms with Crippen molar-refractivity contribution in [2.75, 3.05) is 11.5 Å². The number of aryl methyl sites for hydroxylation is 1. The summed E-state index contributed by atoms with van der Waals surface area (Å²) in [6.07, 6.45) is 4.53. The number of rotatable bonds is 4. The van der Waals surface area contributed by atoms with Gasteiger partial charge in [-0.05, 0) is 25.0 Å². The number of nitrogens with zero attached hydrogens (tertiary/aromatic N) is 3. The summed E-state index contributed by atoms with van der Waals surface area (Å²) in [4.78, 5) is 12.5. The van der Waals surface area contributed by atoms with Crippen molar-refractivity contribution in [1.82, 2.24) is 15.0 Å². The summed E-state index contributed by atoms with van der Waals surface area (Å²) < 4.78 is 0. The molecule has 4 N–H and O–H groups in total. The van der Waals surface area contributed by atoms with Gasteiger partial charge in [-0.1, -0.05) is 19.8 Å². The average molecular weight is 231 g/mol. The molecule has 0 spiro atoms. The third kappa shape index (κ3) is 2.61. The van der Waals surface area contributed by atoms with Crippen LogP contribution in [-0.2, 0) is 6.42 Å². The Morgan fingerprint density at radius 1 is 1.06 bits per heavy atom. The van der Waals surface area contributed by atoms with Crippen LogP contribution in [0.15, 0.2) is 12.1 Å². The minimum absolute atomic E-state index is 0.190. The molecular formula is C12H17N5. The van der Waals surface area contributed by atoms with E-state index < -0.39 is 0 Å². The second-order valence-corrected chi connectivity index (χ2v) is 4.09. The Labute approximate surface area is 100 Å². The summed E-state index contributed by atoms with van der Waals surface area (Å²) >= 11 is 0. The number of aromatic nitrogens is 3. The molecule has 2 heterocycles. The Bertz CT molecular complexity index is 524. The maximum Gasteiger partial charge on any atom is 0.222 e. The Kier molecular flexibility index (Phi) is 3.37. The number of pyridine rings is 1. The van der Waals surface area contributed by atoms with Crippen LogP contribution in [-0.4, -0.2) is 15.0 Å². The van der Waals surface area contributed by atoms with Crippen LogP contribution in [0.5, 0.6) is 0 Å². The second-order valence-electron chi connectivity index (χ2n) is 4.09. The molecule has 17 heavy (non-hydrogen) atoms. The minimum atomic E-state index is 0.190. The Balaban J connectivity index is 2.30.